The monoisotopic (exact) mass is 417 g/mol. The SMILES string of the molecule is C[C@@H](OC(=O)c1ccc(N2C(=O)[C@@H]3[C@@H]4CC[C@@H](C4)[C@@H]3C2=O)cc1)C(=O)c1ccccc1. The van der Waals surface area contributed by atoms with Crippen molar-refractivity contribution in [2.24, 2.45) is 23.7 Å². The molecule has 3 fully saturated rings. The molecule has 0 spiro atoms. The molecule has 6 nitrogen and oxygen atoms in total. The Labute approximate surface area is 180 Å². The summed E-state index contributed by atoms with van der Waals surface area (Å²) in [4.78, 5) is 52.1. The topological polar surface area (TPSA) is 80.8 Å². The summed E-state index contributed by atoms with van der Waals surface area (Å²) >= 11 is 0. The van der Waals surface area contributed by atoms with Gasteiger partial charge < -0.3 is 4.74 Å². The van der Waals surface area contributed by atoms with Crippen LogP contribution in [0.1, 0.15) is 46.9 Å². The van der Waals surface area contributed by atoms with Gasteiger partial charge in [0.25, 0.3) is 0 Å². The zero-order valence-electron chi connectivity index (χ0n) is 17.2. The van der Waals surface area contributed by atoms with Crippen LogP contribution in [-0.4, -0.2) is 29.7 Å². The highest BCUT2D eigenvalue weighted by Crippen LogP contribution is 2.56. The molecule has 2 aromatic rings. The number of nitrogens with zero attached hydrogens (tertiary/aromatic N) is 1. The van der Waals surface area contributed by atoms with Crippen LogP contribution < -0.4 is 4.90 Å². The van der Waals surface area contributed by atoms with E-state index in [-0.39, 0.29) is 35.0 Å². The molecule has 2 bridgehead atoms. The first kappa shape index (κ1) is 19.7. The van der Waals surface area contributed by atoms with Gasteiger partial charge in [-0.2, -0.15) is 0 Å². The lowest BCUT2D eigenvalue weighted by atomic mass is 9.81. The number of benzene rings is 2. The number of ketones is 1. The van der Waals surface area contributed by atoms with Crippen LogP contribution in [0.5, 0.6) is 0 Å². The van der Waals surface area contributed by atoms with E-state index in [1.807, 2.05) is 6.07 Å². The first-order valence-corrected chi connectivity index (χ1v) is 10.7. The van der Waals surface area contributed by atoms with E-state index in [1.165, 1.54) is 24.0 Å². The number of anilines is 1. The quantitative estimate of drug-likeness (QED) is 0.421. The number of amides is 2. The van der Waals surface area contributed by atoms with Crippen molar-refractivity contribution in [1.29, 1.82) is 0 Å². The third-order valence-electron chi connectivity index (χ3n) is 7.00. The van der Waals surface area contributed by atoms with E-state index in [0.29, 0.717) is 23.1 Å². The predicted octanol–water partition coefficient (Wildman–Crippen LogP) is 3.65. The lowest BCUT2D eigenvalue weighted by molar-refractivity contribution is -0.123. The molecule has 0 N–H and O–H groups in total. The lowest BCUT2D eigenvalue weighted by Crippen LogP contribution is -2.32. The number of carbonyl (C=O) groups is 4. The van der Waals surface area contributed by atoms with Gasteiger partial charge in [-0.05, 0) is 62.3 Å². The number of rotatable bonds is 5. The van der Waals surface area contributed by atoms with Crippen molar-refractivity contribution in [3.8, 4) is 0 Å². The molecular formula is C25H23NO5. The molecule has 5 rings (SSSR count). The van der Waals surface area contributed by atoms with Gasteiger partial charge in [-0.25, -0.2) is 4.79 Å². The fourth-order valence-electron chi connectivity index (χ4n) is 5.53. The number of Topliss-reactive ketones (excluding diaryl/α,β-unsaturated/α-hetero) is 1. The highest BCUT2D eigenvalue weighted by molar-refractivity contribution is 6.22. The maximum absolute atomic E-state index is 12.9. The van der Waals surface area contributed by atoms with Crippen LogP contribution in [-0.2, 0) is 14.3 Å². The normalized spacial score (nSPS) is 27.3. The molecule has 1 aliphatic heterocycles. The summed E-state index contributed by atoms with van der Waals surface area (Å²) in [5.41, 5.74) is 1.22. The number of fused-ring (bicyclic) bond motifs is 5. The number of carbonyl (C=O) groups excluding carboxylic acids is 4. The number of esters is 1. The summed E-state index contributed by atoms with van der Waals surface area (Å²) in [7, 11) is 0. The van der Waals surface area contributed by atoms with E-state index < -0.39 is 12.1 Å². The van der Waals surface area contributed by atoms with Crippen molar-refractivity contribution >= 4 is 29.3 Å². The van der Waals surface area contributed by atoms with E-state index in [1.54, 1.807) is 36.4 Å². The molecular weight excluding hydrogens is 394 g/mol. The third-order valence-corrected chi connectivity index (χ3v) is 7.00. The second-order valence-electron chi connectivity index (χ2n) is 8.72. The Hall–Kier alpha value is -3.28. The first-order chi connectivity index (χ1) is 15.0. The molecule has 1 saturated heterocycles. The average molecular weight is 417 g/mol. The average Bonchev–Trinajstić information content (AvgIpc) is 3.47. The minimum atomic E-state index is -0.925. The van der Waals surface area contributed by atoms with Crippen molar-refractivity contribution in [3.05, 3.63) is 65.7 Å². The second kappa shape index (κ2) is 7.45. The Morgan fingerprint density at radius 1 is 0.871 bits per heavy atom. The van der Waals surface area contributed by atoms with Gasteiger partial charge in [-0.1, -0.05) is 30.3 Å². The fourth-order valence-corrected chi connectivity index (χ4v) is 5.53. The molecule has 158 valence electrons. The maximum Gasteiger partial charge on any atom is 0.338 e. The van der Waals surface area contributed by atoms with Crippen molar-refractivity contribution in [2.45, 2.75) is 32.3 Å². The van der Waals surface area contributed by atoms with Crippen LogP contribution in [0.3, 0.4) is 0 Å². The van der Waals surface area contributed by atoms with E-state index in [9.17, 15) is 19.2 Å². The van der Waals surface area contributed by atoms with Gasteiger partial charge in [0.2, 0.25) is 17.6 Å². The second-order valence-corrected chi connectivity index (χ2v) is 8.72. The number of hydrogen-bond acceptors (Lipinski definition) is 5. The number of imide groups is 1. The molecule has 0 radical (unpaired) electrons. The Bertz CT molecular complexity index is 1030. The molecule has 31 heavy (non-hydrogen) atoms. The lowest BCUT2D eigenvalue weighted by Gasteiger charge is -2.19. The molecule has 2 aliphatic carbocycles. The van der Waals surface area contributed by atoms with Gasteiger partial charge in [-0.15, -0.1) is 0 Å². The molecule has 2 aromatic carbocycles. The van der Waals surface area contributed by atoms with Crippen molar-refractivity contribution in [1.82, 2.24) is 0 Å². The van der Waals surface area contributed by atoms with E-state index in [2.05, 4.69) is 0 Å². The van der Waals surface area contributed by atoms with Crippen LogP contribution in [0.4, 0.5) is 5.69 Å². The minimum Gasteiger partial charge on any atom is -0.451 e. The highest BCUT2D eigenvalue weighted by Gasteiger charge is 2.61. The van der Waals surface area contributed by atoms with Crippen LogP contribution in [0.2, 0.25) is 0 Å². The van der Waals surface area contributed by atoms with Crippen molar-refractivity contribution in [2.75, 3.05) is 4.90 Å². The maximum atomic E-state index is 12.9. The first-order valence-electron chi connectivity index (χ1n) is 10.7. The summed E-state index contributed by atoms with van der Waals surface area (Å²) in [6.45, 7) is 1.54. The predicted molar refractivity (Wildman–Crippen MR) is 112 cm³/mol. The zero-order chi connectivity index (χ0) is 21.7. The Morgan fingerprint density at radius 2 is 1.45 bits per heavy atom. The van der Waals surface area contributed by atoms with E-state index in [0.717, 1.165) is 19.3 Å². The van der Waals surface area contributed by atoms with Gasteiger partial charge in [0.15, 0.2) is 6.10 Å². The van der Waals surface area contributed by atoms with Gasteiger partial charge in [0.1, 0.15) is 0 Å². The minimum absolute atomic E-state index is 0.111. The smallest absolute Gasteiger partial charge is 0.338 e. The molecule has 0 aromatic heterocycles. The fraction of sp³-hybridized carbons (Fsp3) is 0.360. The van der Waals surface area contributed by atoms with Gasteiger partial charge in [0.05, 0.1) is 23.1 Å². The standard InChI is InChI=1S/C25H23NO5/c1-14(22(27)15-5-3-2-4-6-15)31-25(30)16-9-11-19(12-10-16)26-23(28)20-17-7-8-18(13-17)21(20)24(26)29/h2-6,9-12,14,17-18,20-21H,7-8,13H2,1H3/t14-,17-,18+,20-,21+/m1/s1. The van der Waals surface area contributed by atoms with Crippen LogP contribution in [0, 0.1) is 23.7 Å². The molecule has 0 unspecified atom stereocenters. The van der Waals surface area contributed by atoms with Gasteiger partial charge in [-0.3, -0.25) is 19.3 Å². The van der Waals surface area contributed by atoms with Crippen molar-refractivity contribution in [3.63, 3.8) is 0 Å². The van der Waals surface area contributed by atoms with Crippen LogP contribution >= 0.6 is 0 Å². The number of hydrogen-bond donors (Lipinski definition) is 0. The summed E-state index contributed by atoms with van der Waals surface area (Å²) < 4.78 is 5.32. The molecule has 6 heteroatoms. The van der Waals surface area contributed by atoms with Gasteiger partial charge >= 0.3 is 5.97 Å². The Morgan fingerprint density at radius 3 is 2.03 bits per heavy atom. The van der Waals surface area contributed by atoms with Gasteiger partial charge in [0, 0.05) is 5.56 Å². The summed E-state index contributed by atoms with van der Waals surface area (Å²) in [5.74, 6) is -0.832. The summed E-state index contributed by atoms with van der Waals surface area (Å²) in [6, 6.07) is 14.9. The largest absolute Gasteiger partial charge is 0.451 e. The number of ether oxygens (including phenoxy) is 1. The Kier molecular flexibility index (Phi) is 4.73. The zero-order valence-corrected chi connectivity index (χ0v) is 17.2. The molecule has 5 atom stereocenters. The Balaban J connectivity index is 1.28. The van der Waals surface area contributed by atoms with Crippen LogP contribution in [0.25, 0.3) is 0 Å². The molecule has 1 heterocycles. The van der Waals surface area contributed by atoms with Crippen molar-refractivity contribution < 1.29 is 23.9 Å². The third kappa shape index (κ3) is 3.17. The summed E-state index contributed by atoms with van der Waals surface area (Å²) in [5, 5.41) is 0. The molecule has 3 aliphatic rings. The van der Waals surface area contributed by atoms with E-state index >= 15 is 0 Å². The molecule has 2 amide bonds. The molecule has 2 saturated carbocycles. The highest BCUT2D eigenvalue weighted by atomic mass is 16.5. The van der Waals surface area contributed by atoms with Crippen LogP contribution in [0.15, 0.2) is 54.6 Å². The van der Waals surface area contributed by atoms with E-state index in [4.69, 9.17) is 4.74 Å². The summed E-state index contributed by atoms with van der Waals surface area (Å²) in [6.07, 6.45) is 2.13.